The average Bonchev–Trinajstić information content (AvgIpc) is 3.71. The van der Waals surface area contributed by atoms with Gasteiger partial charge in [-0.2, -0.15) is 0 Å². The first-order valence-corrected chi connectivity index (χ1v) is 13.6. The Kier molecular flexibility index (Phi) is 6.67. The molecule has 2 aliphatic heterocycles. The third kappa shape index (κ3) is 4.54. The Bertz CT molecular complexity index is 1520. The van der Waals surface area contributed by atoms with Gasteiger partial charge in [-0.1, -0.05) is 12.0 Å². The molecule has 3 amide bonds. The number of rotatable bonds is 9. The summed E-state index contributed by atoms with van der Waals surface area (Å²) in [5.41, 5.74) is 0.313. The van der Waals surface area contributed by atoms with Gasteiger partial charge in [-0.3, -0.25) is 19.3 Å². The fourth-order valence-corrected chi connectivity index (χ4v) is 5.63. The van der Waals surface area contributed by atoms with E-state index in [-0.39, 0.29) is 37.9 Å². The van der Waals surface area contributed by atoms with Crippen LogP contribution in [0.1, 0.15) is 19.8 Å². The minimum absolute atomic E-state index is 0.0667. The van der Waals surface area contributed by atoms with E-state index in [1.54, 1.807) is 54.4 Å². The average molecular weight is 578 g/mol. The predicted octanol–water partition coefficient (Wildman–Crippen LogP) is 0.971. The van der Waals surface area contributed by atoms with Crippen LogP contribution in [0.5, 0.6) is 0 Å². The first-order chi connectivity index (χ1) is 20.2. The van der Waals surface area contributed by atoms with E-state index in [2.05, 4.69) is 42.7 Å². The molecule has 0 bridgehead atoms. The van der Waals surface area contributed by atoms with Crippen molar-refractivity contribution in [1.82, 2.24) is 35.4 Å². The second-order valence-electron chi connectivity index (χ2n) is 10.7. The summed E-state index contributed by atoms with van der Waals surface area (Å²) in [6.45, 7) is 2.23. The van der Waals surface area contributed by atoms with Crippen LogP contribution in [0.4, 0.5) is 20.5 Å². The maximum absolute atomic E-state index is 13.6. The third-order valence-corrected chi connectivity index (χ3v) is 8.26. The first kappa shape index (κ1) is 27.4. The monoisotopic (exact) mass is 577 g/mol. The SMILES string of the molecule is CC#CCN(C=O)C(=O)C1=C(NC)NCN1C1(C(=O)Nc2cccc(-c3cnc(N4CC5C(C4)C5(F)F)nc3)n2)CC1. The van der Waals surface area contributed by atoms with Crippen molar-refractivity contribution in [3.63, 3.8) is 0 Å². The van der Waals surface area contributed by atoms with Crippen LogP contribution >= 0.6 is 0 Å². The number of amides is 3. The number of aromatic nitrogens is 3. The van der Waals surface area contributed by atoms with E-state index in [1.807, 2.05) is 0 Å². The van der Waals surface area contributed by atoms with Gasteiger partial charge in [0.25, 0.3) is 17.7 Å². The van der Waals surface area contributed by atoms with E-state index in [0.29, 0.717) is 48.1 Å². The van der Waals surface area contributed by atoms with Gasteiger partial charge in [0.1, 0.15) is 22.9 Å². The molecule has 2 atom stereocenters. The van der Waals surface area contributed by atoms with E-state index in [9.17, 15) is 23.2 Å². The number of nitrogens with one attached hydrogen (secondary N) is 3. The summed E-state index contributed by atoms with van der Waals surface area (Å²) in [5.74, 6) is 1.79. The molecule has 0 radical (unpaired) electrons. The van der Waals surface area contributed by atoms with Crippen LogP contribution < -0.4 is 20.9 Å². The summed E-state index contributed by atoms with van der Waals surface area (Å²) in [6.07, 6.45) is 4.61. The van der Waals surface area contributed by atoms with Gasteiger partial charge in [-0.15, -0.1) is 5.92 Å². The van der Waals surface area contributed by atoms with Gasteiger partial charge >= 0.3 is 0 Å². The molecule has 2 aliphatic carbocycles. The Hall–Kier alpha value is -4.80. The van der Waals surface area contributed by atoms with Crippen molar-refractivity contribution < 1.29 is 23.2 Å². The second-order valence-corrected chi connectivity index (χ2v) is 10.7. The number of hydrogen-bond acceptors (Lipinski definition) is 10. The quantitative estimate of drug-likeness (QED) is 0.292. The normalized spacial score (nSPS) is 22.4. The Balaban J connectivity index is 1.16. The maximum atomic E-state index is 13.6. The van der Waals surface area contributed by atoms with Crippen LogP contribution in [0.25, 0.3) is 11.3 Å². The zero-order chi connectivity index (χ0) is 29.6. The molecule has 1 saturated heterocycles. The van der Waals surface area contributed by atoms with Gasteiger partial charge in [-0.05, 0) is 31.9 Å². The number of piperidine rings is 1. The van der Waals surface area contributed by atoms with Gasteiger partial charge in [0.15, 0.2) is 0 Å². The predicted molar refractivity (Wildman–Crippen MR) is 147 cm³/mol. The molecule has 2 aromatic heterocycles. The number of alkyl halides is 2. The molecule has 0 aromatic carbocycles. The molecule has 4 heterocycles. The highest BCUT2D eigenvalue weighted by Crippen LogP contribution is 2.59. The van der Waals surface area contributed by atoms with Gasteiger partial charge in [0.2, 0.25) is 12.4 Å². The fourth-order valence-electron chi connectivity index (χ4n) is 5.63. The van der Waals surface area contributed by atoms with Crippen molar-refractivity contribution in [2.45, 2.75) is 31.2 Å². The molecule has 2 aromatic rings. The van der Waals surface area contributed by atoms with Crippen molar-refractivity contribution in [3.8, 4) is 23.1 Å². The molecule has 218 valence electrons. The van der Waals surface area contributed by atoms with E-state index in [4.69, 9.17) is 0 Å². The van der Waals surface area contributed by atoms with Crippen LogP contribution in [-0.2, 0) is 14.4 Å². The smallest absolute Gasteiger partial charge is 0.281 e. The van der Waals surface area contributed by atoms with E-state index in [0.717, 1.165) is 4.90 Å². The van der Waals surface area contributed by atoms with Gasteiger partial charge in [0, 0.05) is 38.1 Å². The molecular weight excluding hydrogens is 548 g/mol. The molecule has 3 fully saturated rings. The van der Waals surface area contributed by atoms with Crippen LogP contribution in [-0.4, -0.2) is 87.8 Å². The molecule has 6 rings (SSSR count). The fraction of sp³-hybridized carbons (Fsp3) is 0.429. The number of pyridine rings is 1. The number of halogens is 2. The van der Waals surface area contributed by atoms with Gasteiger partial charge < -0.3 is 25.8 Å². The third-order valence-electron chi connectivity index (χ3n) is 8.26. The van der Waals surface area contributed by atoms with Gasteiger partial charge in [0.05, 0.1) is 30.7 Å². The number of carbonyl (C=O) groups excluding carboxylic acids is 3. The molecule has 0 spiro atoms. The molecule has 2 unspecified atom stereocenters. The molecular formula is C28H29F2N9O3. The summed E-state index contributed by atoms with van der Waals surface area (Å²) in [6, 6.07) is 5.15. The van der Waals surface area contributed by atoms with Gasteiger partial charge in [-0.25, -0.2) is 23.7 Å². The number of fused-ring (bicyclic) bond motifs is 1. The molecule has 4 aliphatic rings. The molecule has 3 N–H and O–H groups in total. The van der Waals surface area contributed by atoms with E-state index < -0.39 is 29.2 Å². The number of nitrogens with zero attached hydrogens (tertiary/aromatic N) is 6. The minimum Gasteiger partial charge on any atom is -0.373 e. The highest BCUT2D eigenvalue weighted by atomic mass is 19.3. The Morgan fingerprint density at radius 1 is 1.21 bits per heavy atom. The molecule has 42 heavy (non-hydrogen) atoms. The van der Waals surface area contributed by atoms with Crippen molar-refractivity contribution >= 4 is 30.0 Å². The summed E-state index contributed by atoms with van der Waals surface area (Å²) in [7, 11) is 1.65. The number of imide groups is 1. The van der Waals surface area contributed by atoms with Crippen molar-refractivity contribution in [2.24, 2.45) is 11.8 Å². The highest BCUT2D eigenvalue weighted by molar-refractivity contribution is 6.04. The topological polar surface area (TPSA) is 136 Å². The largest absolute Gasteiger partial charge is 0.373 e. The lowest BCUT2D eigenvalue weighted by atomic mass is 10.1. The Morgan fingerprint density at radius 3 is 2.55 bits per heavy atom. The highest BCUT2D eigenvalue weighted by Gasteiger charge is 2.72. The summed E-state index contributed by atoms with van der Waals surface area (Å²) in [4.78, 5) is 56.3. The standard InChI is InChI=1S/C28H29F2N9O3/c1-3-4-10-37(16-40)24(41)22-23(31-2)34-15-39(22)27(8-9-27)25(42)36-21-7-5-6-20(35-21)17-11-32-26(33-12-17)38-13-18-19(14-38)28(18,29)30/h5-7,11-12,16,18-19,31,34H,8-10,13-15H2,1-2H3,(H,35,36,42). The van der Waals surface area contributed by atoms with Crippen molar-refractivity contribution in [3.05, 3.63) is 42.1 Å². The van der Waals surface area contributed by atoms with Crippen LogP contribution in [0.3, 0.4) is 0 Å². The lowest BCUT2D eigenvalue weighted by Crippen LogP contribution is -2.49. The zero-order valence-corrected chi connectivity index (χ0v) is 23.0. The van der Waals surface area contributed by atoms with Crippen LogP contribution in [0.2, 0.25) is 0 Å². The van der Waals surface area contributed by atoms with Crippen molar-refractivity contribution in [1.29, 1.82) is 0 Å². The molecule has 12 nitrogen and oxygen atoms in total. The number of hydrogen-bond donors (Lipinski definition) is 3. The zero-order valence-electron chi connectivity index (χ0n) is 23.0. The van der Waals surface area contributed by atoms with Crippen LogP contribution in [0, 0.1) is 23.7 Å². The second kappa shape index (κ2) is 10.2. The van der Waals surface area contributed by atoms with E-state index >= 15 is 0 Å². The molecule has 14 heteroatoms. The van der Waals surface area contributed by atoms with Crippen LogP contribution in [0.15, 0.2) is 42.1 Å². The Labute approximate surface area is 240 Å². The number of anilines is 2. The van der Waals surface area contributed by atoms with Crippen molar-refractivity contribution in [2.75, 3.05) is 43.6 Å². The number of carbonyl (C=O) groups is 3. The first-order valence-electron chi connectivity index (χ1n) is 13.6. The summed E-state index contributed by atoms with van der Waals surface area (Å²) < 4.78 is 27.1. The minimum atomic E-state index is -2.57. The molecule has 2 saturated carbocycles. The lowest BCUT2D eigenvalue weighted by Gasteiger charge is -2.30. The van der Waals surface area contributed by atoms with E-state index in [1.165, 1.54) is 0 Å². The Morgan fingerprint density at radius 2 is 1.93 bits per heavy atom. The lowest BCUT2D eigenvalue weighted by molar-refractivity contribution is -0.136. The summed E-state index contributed by atoms with van der Waals surface area (Å²) >= 11 is 0. The maximum Gasteiger partial charge on any atom is 0.281 e. The summed E-state index contributed by atoms with van der Waals surface area (Å²) in [5, 5.41) is 8.91.